The maximum Gasteiger partial charge on any atom is 0.255 e. The number of benzene rings is 3. The number of aromatic nitrogens is 2. The molecule has 43 heavy (non-hydrogen) atoms. The number of fused-ring (bicyclic) bond motifs is 1. The van der Waals surface area contributed by atoms with E-state index in [1.165, 1.54) is 0 Å². The van der Waals surface area contributed by atoms with Gasteiger partial charge in [-0.2, -0.15) is 5.10 Å². The zero-order valence-electron chi connectivity index (χ0n) is 24.3. The summed E-state index contributed by atoms with van der Waals surface area (Å²) in [6.45, 7) is 3.78. The fraction of sp³-hybridized carbons (Fsp3) is 0.333. The number of piperidine rings is 1. The predicted molar refractivity (Wildman–Crippen MR) is 169 cm³/mol. The first-order chi connectivity index (χ1) is 20.9. The molecule has 4 aromatic rings. The maximum atomic E-state index is 13.7. The van der Waals surface area contributed by atoms with Gasteiger partial charge in [0.25, 0.3) is 5.91 Å². The molecule has 224 valence electrons. The summed E-state index contributed by atoms with van der Waals surface area (Å²) in [7, 11) is 0. The number of rotatable bonds is 11. The highest BCUT2D eigenvalue weighted by Crippen LogP contribution is 2.23. The van der Waals surface area contributed by atoms with Crippen LogP contribution in [0.3, 0.4) is 0 Å². The van der Waals surface area contributed by atoms with Crippen LogP contribution in [0.4, 0.5) is 0 Å². The van der Waals surface area contributed by atoms with Gasteiger partial charge < -0.3 is 21.3 Å². The quantitative estimate of drug-likeness (QED) is 0.195. The van der Waals surface area contributed by atoms with Crippen LogP contribution in [0, 0.1) is 0 Å². The first-order valence-electron chi connectivity index (χ1n) is 14.8. The molecule has 3 aromatic carbocycles. The van der Waals surface area contributed by atoms with E-state index in [0.29, 0.717) is 42.9 Å². The number of halogens is 1. The molecule has 10 heteroatoms. The summed E-state index contributed by atoms with van der Waals surface area (Å²) in [6.07, 6.45) is 4.18. The summed E-state index contributed by atoms with van der Waals surface area (Å²) in [6, 6.07) is 21.2. The molecule has 1 aromatic heterocycles. The molecule has 0 spiro atoms. The Morgan fingerprint density at radius 2 is 1.67 bits per heavy atom. The van der Waals surface area contributed by atoms with E-state index >= 15 is 0 Å². The molecular weight excluding hydrogens is 564 g/mol. The molecule has 0 saturated carbocycles. The van der Waals surface area contributed by atoms with Crippen LogP contribution < -0.4 is 21.3 Å². The topological polar surface area (TPSA) is 117 Å². The number of carbonyl (C=O) groups is 3. The van der Waals surface area contributed by atoms with E-state index in [4.69, 9.17) is 11.6 Å². The molecule has 0 unspecified atom stereocenters. The number of hydrogen-bond donors (Lipinski definition) is 4. The largest absolute Gasteiger partial charge is 0.354 e. The van der Waals surface area contributed by atoms with Crippen LogP contribution in [0.1, 0.15) is 47.8 Å². The molecular formula is C33H37ClN6O3. The average molecular weight is 601 g/mol. The van der Waals surface area contributed by atoms with E-state index in [1.807, 2.05) is 61.5 Å². The monoisotopic (exact) mass is 600 g/mol. The van der Waals surface area contributed by atoms with E-state index in [1.54, 1.807) is 23.0 Å². The Bertz CT molecular complexity index is 1590. The summed E-state index contributed by atoms with van der Waals surface area (Å²) < 4.78 is 1.75. The Hall–Kier alpha value is -4.21. The molecule has 4 N–H and O–H groups in total. The van der Waals surface area contributed by atoms with Crippen LogP contribution in [0.15, 0.2) is 72.9 Å². The van der Waals surface area contributed by atoms with Crippen molar-refractivity contribution in [3.8, 4) is 5.69 Å². The van der Waals surface area contributed by atoms with E-state index in [-0.39, 0.29) is 37.2 Å². The highest BCUT2D eigenvalue weighted by Gasteiger charge is 2.41. The van der Waals surface area contributed by atoms with Crippen molar-refractivity contribution in [2.75, 3.05) is 26.2 Å². The second-order valence-corrected chi connectivity index (χ2v) is 11.3. The van der Waals surface area contributed by atoms with Crippen molar-refractivity contribution in [2.45, 2.75) is 44.6 Å². The summed E-state index contributed by atoms with van der Waals surface area (Å²) >= 11 is 6.06. The van der Waals surface area contributed by atoms with Crippen LogP contribution >= 0.6 is 11.6 Å². The molecule has 2 heterocycles. The molecule has 9 nitrogen and oxygen atoms in total. The predicted octanol–water partition coefficient (Wildman–Crippen LogP) is 3.96. The van der Waals surface area contributed by atoms with Crippen molar-refractivity contribution in [2.24, 2.45) is 0 Å². The zero-order chi connectivity index (χ0) is 30.2. The van der Waals surface area contributed by atoms with Gasteiger partial charge in [-0.05, 0) is 73.0 Å². The third-order valence-electron chi connectivity index (χ3n) is 7.88. The van der Waals surface area contributed by atoms with Crippen molar-refractivity contribution in [1.82, 2.24) is 31.0 Å². The van der Waals surface area contributed by atoms with Gasteiger partial charge in [0.1, 0.15) is 5.54 Å². The summed E-state index contributed by atoms with van der Waals surface area (Å²) in [4.78, 5) is 39.9. The highest BCUT2D eigenvalue weighted by molar-refractivity contribution is 6.30. The smallest absolute Gasteiger partial charge is 0.255 e. The summed E-state index contributed by atoms with van der Waals surface area (Å²) in [5, 5.41) is 19.5. The lowest BCUT2D eigenvalue weighted by Crippen LogP contribution is -2.63. The number of nitrogens with one attached hydrogen (secondary N) is 4. The lowest BCUT2D eigenvalue weighted by Gasteiger charge is -2.37. The Morgan fingerprint density at radius 3 is 2.44 bits per heavy atom. The number of amides is 3. The minimum absolute atomic E-state index is 0.114. The van der Waals surface area contributed by atoms with E-state index in [0.717, 1.165) is 34.1 Å². The molecule has 1 saturated heterocycles. The first kappa shape index (κ1) is 30.3. The zero-order valence-corrected chi connectivity index (χ0v) is 25.0. The molecule has 1 aliphatic heterocycles. The van der Waals surface area contributed by atoms with Gasteiger partial charge in [-0.15, -0.1) is 0 Å². The van der Waals surface area contributed by atoms with Crippen molar-refractivity contribution in [1.29, 1.82) is 0 Å². The van der Waals surface area contributed by atoms with Gasteiger partial charge in [0.15, 0.2) is 0 Å². The van der Waals surface area contributed by atoms with Crippen molar-refractivity contribution >= 4 is 40.1 Å². The second-order valence-electron chi connectivity index (χ2n) is 10.9. The average Bonchev–Trinajstić information content (AvgIpc) is 3.44. The molecule has 0 bridgehead atoms. The van der Waals surface area contributed by atoms with E-state index in [9.17, 15) is 14.4 Å². The number of nitrogens with zero attached hydrogens (tertiary/aromatic N) is 2. The molecule has 1 fully saturated rings. The maximum absolute atomic E-state index is 13.7. The highest BCUT2D eigenvalue weighted by atomic mass is 35.5. The molecule has 5 rings (SSSR count). The Balaban J connectivity index is 1.21. The lowest BCUT2D eigenvalue weighted by atomic mass is 9.86. The molecule has 0 radical (unpaired) electrons. The molecule has 3 amide bonds. The number of carbonyl (C=O) groups excluding carboxylic acids is 3. The van der Waals surface area contributed by atoms with Gasteiger partial charge in [-0.25, -0.2) is 4.68 Å². The van der Waals surface area contributed by atoms with Crippen LogP contribution in [-0.2, 0) is 22.4 Å². The van der Waals surface area contributed by atoms with E-state index < -0.39 is 5.54 Å². The lowest BCUT2D eigenvalue weighted by molar-refractivity contribution is -0.128. The van der Waals surface area contributed by atoms with Crippen molar-refractivity contribution < 1.29 is 14.4 Å². The Morgan fingerprint density at radius 1 is 0.953 bits per heavy atom. The molecule has 0 atom stereocenters. The van der Waals surface area contributed by atoms with Gasteiger partial charge in [0.05, 0.1) is 29.6 Å². The minimum atomic E-state index is -1.07. The number of hydrogen-bond acceptors (Lipinski definition) is 5. The fourth-order valence-corrected chi connectivity index (χ4v) is 5.75. The Kier molecular flexibility index (Phi) is 9.74. The van der Waals surface area contributed by atoms with Crippen LogP contribution in [0.5, 0.6) is 0 Å². The molecule has 0 aliphatic carbocycles. The van der Waals surface area contributed by atoms with E-state index in [2.05, 4.69) is 26.4 Å². The van der Waals surface area contributed by atoms with Gasteiger partial charge in [0.2, 0.25) is 11.8 Å². The van der Waals surface area contributed by atoms with Crippen LogP contribution in [0.25, 0.3) is 16.5 Å². The summed E-state index contributed by atoms with van der Waals surface area (Å²) in [5.74, 6) is -0.700. The minimum Gasteiger partial charge on any atom is -0.354 e. The summed E-state index contributed by atoms with van der Waals surface area (Å²) in [5.41, 5.74) is 1.92. The Labute approximate surface area is 256 Å². The standard InChI is InChI=1S/C33H37ClN6O3/c1-2-6-29-28(22-38-40(29)26-13-11-25(34)12-14-26)31(42)39-33(15-17-35-18-16-33)32(43)37-20-19-36-30(41)21-24-9-5-8-23-7-3-4-10-27(23)24/h3-5,7-14,22,35H,2,6,15-21H2,1H3,(H,36,41)(H,37,43)(H,39,42). The molecule has 1 aliphatic rings. The van der Waals surface area contributed by atoms with Gasteiger partial charge in [-0.1, -0.05) is 67.4 Å². The fourth-order valence-electron chi connectivity index (χ4n) is 5.62. The third kappa shape index (κ3) is 7.06. The normalized spacial score (nSPS) is 14.3. The second kappa shape index (κ2) is 13.8. The first-order valence-corrected chi connectivity index (χ1v) is 15.2. The van der Waals surface area contributed by atoms with Crippen LogP contribution in [0.2, 0.25) is 5.02 Å². The SMILES string of the molecule is CCCc1c(C(=O)NC2(C(=O)NCCNC(=O)Cc3cccc4ccccc34)CCNCC2)cnn1-c1ccc(Cl)cc1. The van der Waals surface area contributed by atoms with Crippen LogP contribution in [-0.4, -0.2) is 59.2 Å². The van der Waals surface area contributed by atoms with Gasteiger partial charge >= 0.3 is 0 Å². The van der Waals surface area contributed by atoms with Gasteiger partial charge in [0, 0.05) is 18.1 Å². The van der Waals surface area contributed by atoms with Crippen molar-refractivity contribution in [3.63, 3.8) is 0 Å². The third-order valence-corrected chi connectivity index (χ3v) is 8.13. The van der Waals surface area contributed by atoms with Gasteiger partial charge in [-0.3, -0.25) is 14.4 Å². The van der Waals surface area contributed by atoms with Crippen molar-refractivity contribution in [3.05, 3.63) is 94.8 Å².